The van der Waals surface area contributed by atoms with Gasteiger partial charge in [-0.15, -0.1) is 0 Å². The van der Waals surface area contributed by atoms with Crippen molar-refractivity contribution in [2.24, 2.45) is 17.7 Å². The fourth-order valence-corrected chi connectivity index (χ4v) is 2.18. The Morgan fingerprint density at radius 3 is 2.69 bits per heavy atom. The normalized spacial score (nSPS) is 33.2. The minimum absolute atomic E-state index is 0.357. The summed E-state index contributed by atoms with van der Waals surface area (Å²) >= 11 is 0. The molecular formula is C10H22N2O. The first-order valence-electron chi connectivity index (χ1n) is 5.28. The fraction of sp³-hybridized carbons (Fsp3) is 1.00. The molecule has 4 atom stereocenters. The number of hydrogen-bond donors (Lipinski definition) is 2. The molecule has 0 aromatic carbocycles. The van der Waals surface area contributed by atoms with Crippen molar-refractivity contribution in [3.8, 4) is 0 Å². The second kappa shape index (κ2) is 4.94. The third kappa shape index (κ3) is 2.42. The van der Waals surface area contributed by atoms with Crippen LogP contribution in [0.4, 0.5) is 0 Å². The van der Waals surface area contributed by atoms with E-state index in [9.17, 15) is 0 Å². The molecule has 1 heterocycles. The quantitative estimate of drug-likeness (QED) is 0.514. The van der Waals surface area contributed by atoms with Crippen molar-refractivity contribution < 1.29 is 4.74 Å². The molecule has 3 nitrogen and oxygen atoms in total. The van der Waals surface area contributed by atoms with Crippen LogP contribution in [-0.2, 0) is 4.74 Å². The van der Waals surface area contributed by atoms with Gasteiger partial charge in [-0.2, -0.15) is 0 Å². The van der Waals surface area contributed by atoms with Crippen molar-refractivity contribution in [2.45, 2.75) is 45.8 Å². The first-order valence-corrected chi connectivity index (χ1v) is 5.28. The highest BCUT2D eigenvalue weighted by Crippen LogP contribution is 2.28. The predicted molar refractivity (Wildman–Crippen MR) is 54.1 cm³/mol. The highest BCUT2D eigenvalue weighted by molar-refractivity contribution is 4.85. The summed E-state index contributed by atoms with van der Waals surface area (Å²) in [4.78, 5) is 0. The zero-order valence-electron chi connectivity index (χ0n) is 8.92. The van der Waals surface area contributed by atoms with Crippen LogP contribution in [0.25, 0.3) is 0 Å². The van der Waals surface area contributed by atoms with E-state index in [1.807, 2.05) is 0 Å². The molecule has 0 aromatic rings. The second-order valence-electron chi connectivity index (χ2n) is 4.11. The molecule has 0 bridgehead atoms. The van der Waals surface area contributed by atoms with Crippen molar-refractivity contribution in [2.75, 3.05) is 6.61 Å². The molecule has 78 valence electrons. The summed E-state index contributed by atoms with van der Waals surface area (Å²) in [5.41, 5.74) is 2.95. The van der Waals surface area contributed by atoms with E-state index in [2.05, 4.69) is 26.2 Å². The van der Waals surface area contributed by atoms with E-state index >= 15 is 0 Å². The predicted octanol–water partition coefficient (Wildman–Crippen LogP) is 1.29. The van der Waals surface area contributed by atoms with Gasteiger partial charge in [-0.1, -0.05) is 20.3 Å². The molecule has 0 aliphatic carbocycles. The monoisotopic (exact) mass is 186 g/mol. The van der Waals surface area contributed by atoms with Gasteiger partial charge >= 0.3 is 0 Å². The van der Waals surface area contributed by atoms with E-state index in [1.54, 1.807) is 0 Å². The lowest BCUT2D eigenvalue weighted by Crippen LogP contribution is -2.47. The Morgan fingerprint density at radius 2 is 2.31 bits per heavy atom. The van der Waals surface area contributed by atoms with Crippen LogP contribution < -0.4 is 11.3 Å². The maximum Gasteiger partial charge on any atom is 0.0591 e. The number of hydrazine groups is 1. The Balaban J connectivity index is 2.54. The molecule has 1 saturated heterocycles. The molecule has 1 aliphatic rings. The third-order valence-corrected chi connectivity index (χ3v) is 3.35. The first-order chi connectivity index (χ1) is 6.20. The lowest BCUT2D eigenvalue weighted by molar-refractivity contribution is 0.0873. The van der Waals surface area contributed by atoms with Crippen molar-refractivity contribution in [3.63, 3.8) is 0 Å². The summed E-state index contributed by atoms with van der Waals surface area (Å²) < 4.78 is 5.55. The van der Waals surface area contributed by atoms with Crippen LogP contribution in [0.3, 0.4) is 0 Å². The zero-order valence-corrected chi connectivity index (χ0v) is 8.92. The van der Waals surface area contributed by atoms with Gasteiger partial charge in [-0.3, -0.25) is 11.3 Å². The van der Waals surface area contributed by atoms with Gasteiger partial charge in [0.2, 0.25) is 0 Å². The maximum absolute atomic E-state index is 5.59. The molecule has 1 aliphatic heterocycles. The highest BCUT2D eigenvalue weighted by atomic mass is 16.5. The van der Waals surface area contributed by atoms with Gasteiger partial charge in [0.1, 0.15) is 0 Å². The van der Waals surface area contributed by atoms with Crippen LogP contribution >= 0.6 is 0 Å². The number of hydrogen-bond acceptors (Lipinski definition) is 3. The van der Waals surface area contributed by atoms with Gasteiger partial charge in [-0.25, -0.2) is 0 Å². The van der Waals surface area contributed by atoms with E-state index in [4.69, 9.17) is 10.6 Å². The average Bonchev–Trinajstić information content (AvgIpc) is 2.53. The number of nitrogens with one attached hydrogen (secondary N) is 1. The van der Waals surface area contributed by atoms with E-state index < -0.39 is 0 Å². The van der Waals surface area contributed by atoms with Gasteiger partial charge in [0.25, 0.3) is 0 Å². The summed E-state index contributed by atoms with van der Waals surface area (Å²) in [6.45, 7) is 7.48. The first kappa shape index (κ1) is 11.0. The molecular weight excluding hydrogens is 164 g/mol. The van der Waals surface area contributed by atoms with Crippen LogP contribution in [0, 0.1) is 11.8 Å². The Labute approximate surface area is 81.0 Å². The SMILES string of the molecule is CCC(C)C(NN)C1CCOC1C. The van der Waals surface area contributed by atoms with E-state index in [1.165, 1.54) is 0 Å². The van der Waals surface area contributed by atoms with Gasteiger partial charge < -0.3 is 4.74 Å². The molecule has 1 rings (SSSR count). The van der Waals surface area contributed by atoms with Gasteiger partial charge in [-0.05, 0) is 19.3 Å². The maximum atomic E-state index is 5.59. The summed E-state index contributed by atoms with van der Waals surface area (Å²) in [5.74, 6) is 6.79. The third-order valence-electron chi connectivity index (χ3n) is 3.35. The molecule has 3 N–H and O–H groups in total. The lowest BCUT2D eigenvalue weighted by Gasteiger charge is -2.29. The van der Waals surface area contributed by atoms with Crippen molar-refractivity contribution in [1.82, 2.24) is 5.43 Å². The van der Waals surface area contributed by atoms with Gasteiger partial charge in [0.05, 0.1) is 6.10 Å². The van der Waals surface area contributed by atoms with Crippen LogP contribution in [0.2, 0.25) is 0 Å². The molecule has 0 radical (unpaired) electrons. The molecule has 0 amide bonds. The molecule has 13 heavy (non-hydrogen) atoms. The van der Waals surface area contributed by atoms with Crippen molar-refractivity contribution in [1.29, 1.82) is 0 Å². The summed E-state index contributed by atoms with van der Waals surface area (Å²) in [7, 11) is 0. The largest absolute Gasteiger partial charge is 0.378 e. The minimum Gasteiger partial charge on any atom is -0.378 e. The molecule has 0 spiro atoms. The lowest BCUT2D eigenvalue weighted by atomic mass is 9.84. The van der Waals surface area contributed by atoms with Crippen LogP contribution in [0.15, 0.2) is 0 Å². The van der Waals surface area contributed by atoms with Crippen LogP contribution in [0.5, 0.6) is 0 Å². The summed E-state index contributed by atoms with van der Waals surface area (Å²) in [5, 5.41) is 0. The van der Waals surface area contributed by atoms with Gasteiger partial charge in [0.15, 0.2) is 0 Å². The van der Waals surface area contributed by atoms with E-state index in [0.29, 0.717) is 24.0 Å². The Hall–Kier alpha value is -0.120. The average molecular weight is 186 g/mol. The molecule has 4 unspecified atom stereocenters. The summed E-state index contributed by atoms with van der Waals surface area (Å²) in [6.07, 6.45) is 2.66. The Kier molecular flexibility index (Phi) is 4.16. The topological polar surface area (TPSA) is 47.3 Å². The minimum atomic E-state index is 0.357. The van der Waals surface area contributed by atoms with Crippen LogP contribution in [0.1, 0.15) is 33.6 Å². The van der Waals surface area contributed by atoms with Crippen molar-refractivity contribution in [3.05, 3.63) is 0 Å². The second-order valence-corrected chi connectivity index (χ2v) is 4.11. The Morgan fingerprint density at radius 1 is 1.62 bits per heavy atom. The zero-order chi connectivity index (χ0) is 9.84. The Bertz CT molecular complexity index is 152. The summed E-state index contributed by atoms with van der Waals surface area (Å²) in [6, 6.07) is 0.405. The molecule has 1 fully saturated rings. The fourth-order valence-electron chi connectivity index (χ4n) is 2.18. The number of rotatable bonds is 4. The van der Waals surface area contributed by atoms with E-state index in [0.717, 1.165) is 19.4 Å². The molecule has 0 saturated carbocycles. The number of ether oxygens (including phenoxy) is 1. The molecule has 0 aromatic heterocycles. The molecule has 3 heteroatoms. The smallest absolute Gasteiger partial charge is 0.0591 e. The van der Waals surface area contributed by atoms with E-state index in [-0.39, 0.29) is 0 Å². The standard InChI is InChI=1S/C10H22N2O/c1-4-7(2)10(12-11)9-5-6-13-8(9)3/h7-10,12H,4-6,11H2,1-3H3. The van der Waals surface area contributed by atoms with Crippen molar-refractivity contribution >= 4 is 0 Å². The van der Waals surface area contributed by atoms with Crippen LogP contribution in [-0.4, -0.2) is 18.8 Å². The number of nitrogens with two attached hydrogens (primary N) is 1. The highest BCUT2D eigenvalue weighted by Gasteiger charge is 2.33. The van der Waals surface area contributed by atoms with Gasteiger partial charge in [0, 0.05) is 18.6 Å².